The predicted molar refractivity (Wildman–Crippen MR) is 103 cm³/mol. The predicted octanol–water partition coefficient (Wildman–Crippen LogP) is 3.59. The zero-order chi connectivity index (χ0) is 16.5. The van der Waals surface area contributed by atoms with E-state index in [1.165, 1.54) is 16.7 Å². The summed E-state index contributed by atoms with van der Waals surface area (Å²) >= 11 is 0. The summed E-state index contributed by atoms with van der Waals surface area (Å²) in [7, 11) is 0. The number of carbonyl (C=O) groups excluding carboxylic acids is 1. The Morgan fingerprint density at radius 1 is 1.04 bits per heavy atom. The maximum absolute atomic E-state index is 13.2. The first-order chi connectivity index (χ1) is 11.7. The van der Waals surface area contributed by atoms with Gasteiger partial charge >= 0.3 is 0 Å². The van der Waals surface area contributed by atoms with Crippen LogP contribution < -0.4 is 5.32 Å². The quantitative estimate of drug-likeness (QED) is 0.911. The largest absolute Gasteiger partial charge is 0.331 e. The smallest absolute Gasteiger partial charge is 0.226 e. The second-order valence-electron chi connectivity index (χ2n) is 7.07. The molecule has 1 saturated heterocycles. The van der Waals surface area contributed by atoms with Crippen LogP contribution in [-0.2, 0) is 17.8 Å². The minimum absolute atomic E-state index is 0. The monoisotopic (exact) mass is 356 g/mol. The van der Waals surface area contributed by atoms with Crippen molar-refractivity contribution >= 4 is 18.3 Å². The Bertz CT molecular complexity index is 730. The van der Waals surface area contributed by atoms with Crippen molar-refractivity contribution < 1.29 is 4.79 Å². The summed E-state index contributed by atoms with van der Waals surface area (Å²) in [6.07, 6.45) is 0.904. The Labute approximate surface area is 155 Å². The molecule has 2 unspecified atom stereocenters. The van der Waals surface area contributed by atoms with Crippen LogP contribution in [0.25, 0.3) is 0 Å². The highest BCUT2D eigenvalue weighted by atomic mass is 35.5. The molecule has 1 fully saturated rings. The van der Waals surface area contributed by atoms with Crippen LogP contribution in [0.15, 0.2) is 54.6 Å². The van der Waals surface area contributed by atoms with Crippen molar-refractivity contribution in [1.82, 2.24) is 10.2 Å². The molecule has 2 aromatic carbocycles. The summed E-state index contributed by atoms with van der Waals surface area (Å²) in [5.41, 5.74) is 3.89. The molecule has 0 aliphatic carbocycles. The van der Waals surface area contributed by atoms with Gasteiger partial charge < -0.3 is 10.2 Å². The van der Waals surface area contributed by atoms with Crippen LogP contribution >= 0.6 is 12.4 Å². The Kier molecular flexibility index (Phi) is 5.45. The lowest BCUT2D eigenvalue weighted by molar-refractivity contribution is -0.141. The molecule has 0 spiro atoms. The highest BCUT2D eigenvalue weighted by Crippen LogP contribution is 2.35. The second kappa shape index (κ2) is 7.59. The number of rotatable bonds is 3. The molecule has 1 N–H and O–H groups in total. The van der Waals surface area contributed by atoms with E-state index in [-0.39, 0.29) is 24.4 Å². The molecule has 2 aliphatic heterocycles. The van der Waals surface area contributed by atoms with Crippen molar-refractivity contribution in [1.29, 1.82) is 0 Å². The van der Waals surface area contributed by atoms with Gasteiger partial charge in [0.1, 0.15) is 0 Å². The zero-order valence-electron chi connectivity index (χ0n) is 14.5. The van der Waals surface area contributed by atoms with E-state index in [2.05, 4.69) is 65.7 Å². The van der Waals surface area contributed by atoms with Crippen LogP contribution in [0.2, 0.25) is 0 Å². The first-order valence-electron chi connectivity index (χ1n) is 8.87. The van der Waals surface area contributed by atoms with Crippen molar-refractivity contribution in [2.75, 3.05) is 13.1 Å². The van der Waals surface area contributed by atoms with E-state index < -0.39 is 0 Å². The van der Waals surface area contributed by atoms with Crippen LogP contribution in [0.1, 0.15) is 29.7 Å². The van der Waals surface area contributed by atoms with Gasteiger partial charge in [0.15, 0.2) is 0 Å². The second-order valence-corrected chi connectivity index (χ2v) is 7.07. The van der Waals surface area contributed by atoms with E-state index in [9.17, 15) is 4.79 Å². The van der Waals surface area contributed by atoms with Gasteiger partial charge in [0.2, 0.25) is 5.91 Å². The summed E-state index contributed by atoms with van der Waals surface area (Å²) in [5.74, 6) is 0.860. The summed E-state index contributed by atoms with van der Waals surface area (Å²) in [6, 6.07) is 19.1. The molecule has 25 heavy (non-hydrogen) atoms. The number of hydrogen-bond donors (Lipinski definition) is 1. The van der Waals surface area contributed by atoms with Crippen LogP contribution in [0.4, 0.5) is 0 Å². The fraction of sp³-hybridized carbons (Fsp3) is 0.381. The highest BCUT2D eigenvalue weighted by molar-refractivity contribution is 5.85. The average molecular weight is 357 g/mol. The van der Waals surface area contributed by atoms with Crippen molar-refractivity contribution in [3.05, 3.63) is 71.3 Å². The molecule has 0 aromatic heterocycles. The Hall–Kier alpha value is -1.84. The zero-order valence-corrected chi connectivity index (χ0v) is 15.3. The molecule has 2 atom stereocenters. The molecule has 1 amide bonds. The van der Waals surface area contributed by atoms with E-state index in [4.69, 9.17) is 0 Å². The third-order valence-electron chi connectivity index (χ3n) is 5.63. The van der Waals surface area contributed by atoms with Gasteiger partial charge in [0.05, 0.1) is 6.04 Å². The molecule has 2 heterocycles. The minimum atomic E-state index is 0. The number of nitrogens with one attached hydrogen (secondary N) is 1. The molecule has 3 nitrogen and oxygen atoms in total. The van der Waals surface area contributed by atoms with Gasteiger partial charge in [0.25, 0.3) is 0 Å². The molecule has 4 heteroatoms. The molecule has 2 aromatic rings. The Balaban J connectivity index is 0.00000182. The topological polar surface area (TPSA) is 32.3 Å². The van der Waals surface area contributed by atoms with Gasteiger partial charge in [-0.25, -0.2) is 0 Å². The van der Waals surface area contributed by atoms with Crippen molar-refractivity contribution in [3.8, 4) is 0 Å². The van der Waals surface area contributed by atoms with E-state index in [0.717, 1.165) is 26.1 Å². The van der Waals surface area contributed by atoms with Gasteiger partial charge in [-0.2, -0.15) is 0 Å². The average Bonchev–Trinajstić information content (AvgIpc) is 2.59. The van der Waals surface area contributed by atoms with Gasteiger partial charge in [-0.15, -0.1) is 12.4 Å². The first-order valence-corrected chi connectivity index (χ1v) is 8.87. The maximum Gasteiger partial charge on any atom is 0.226 e. The van der Waals surface area contributed by atoms with Gasteiger partial charge in [0, 0.05) is 12.5 Å². The number of nitrogens with zero attached hydrogens (tertiary/aromatic N) is 1. The maximum atomic E-state index is 13.2. The van der Waals surface area contributed by atoms with E-state index in [0.29, 0.717) is 11.8 Å². The number of benzene rings is 2. The van der Waals surface area contributed by atoms with Crippen molar-refractivity contribution in [2.24, 2.45) is 11.8 Å². The third-order valence-corrected chi connectivity index (χ3v) is 5.63. The van der Waals surface area contributed by atoms with E-state index in [1.54, 1.807) is 0 Å². The number of fused-ring (bicyclic) bond motifs is 1. The van der Waals surface area contributed by atoms with Crippen LogP contribution in [0.5, 0.6) is 0 Å². The molecule has 2 aliphatic rings. The van der Waals surface area contributed by atoms with E-state index in [1.807, 2.05) is 6.07 Å². The Morgan fingerprint density at radius 3 is 2.32 bits per heavy atom. The molecular weight excluding hydrogens is 332 g/mol. The third kappa shape index (κ3) is 3.44. The van der Waals surface area contributed by atoms with E-state index >= 15 is 0 Å². The molecule has 0 saturated carbocycles. The van der Waals surface area contributed by atoms with Crippen LogP contribution in [0.3, 0.4) is 0 Å². The van der Waals surface area contributed by atoms with Crippen molar-refractivity contribution in [3.63, 3.8) is 0 Å². The summed E-state index contributed by atoms with van der Waals surface area (Å²) in [4.78, 5) is 15.3. The molecule has 0 radical (unpaired) electrons. The lowest BCUT2D eigenvalue weighted by Gasteiger charge is -2.41. The Morgan fingerprint density at radius 2 is 1.68 bits per heavy atom. The number of amides is 1. The van der Waals surface area contributed by atoms with Crippen molar-refractivity contribution in [2.45, 2.75) is 25.9 Å². The van der Waals surface area contributed by atoms with Gasteiger partial charge in [-0.3, -0.25) is 4.79 Å². The number of halogens is 1. The fourth-order valence-corrected chi connectivity index (χ4v) is 3.86. The minimum Gasteiger partial charge on any atom is -0.331 e. The van der Waals surface area contributed by atoms with Crippen LogP contribution in [0, 0.1) is 11.8 Å². The van der Waals surface area contributed by atoms with Gasteiger partial charge in [-0.1, -0.05) is 61.5 Å². The standard InChI is InChI=1S/C21H24N2O.ClH/c1-15(19-12-22-13-19)21(24)23-14-18-10-6-5-9-17(18)11-20(23)16-7-3-2-4-8-16;/h2-10,15,19-20,22H,11-14H2,1H3;1H. The summed E-state index contributed by atoms with van der Waals surface area (Å²) in [5, 5.41) is 3.29. The lowest BCUT2D eigenvalue weighted by Crippen LogP contribution is -2.51. The molecule has 132 valence electrons. The lowest BCUT2D eigenvalue weighted by atomic mass is 9.84. The summed E-state index contributed by atoms with van der Waals surface area (Å²) in [6.45, 7) is 4.75. The normalized spacial score (nSPS) is 20.8. The van der Waals surface area contributed by atoms with Crippen LogP contribution in [-0.4, -0.2) is 23.9 Å². The number of hydrogen-bond acceptors (Lipinski definition) is 2. The summed E-state index contributed by atoms with van der Waals surface area (Å²) < 4.78 is 0. The molecule has 0 bridgehead atoms. The molecular formula is C21H25ClN2O. The van der Waals surface area contributed by atoms with Gasteiger partial charge in [-0.05, 0) is 42.1 Å². The number of carbonyl (C=O) groups is 1. The SMILES string of the molecule is CC(C(=O)N1Cc2ccccc2CC1c1ccccc1)C1CNC1.Cl. The first kappa shape index (κ1) is 18.0. The highest BCUT2D eigenvalue weighted by Gasteiger charge is 2.37. The fourth-order valence-electron chi connectivity index (χ4n) is 3.86. The molecule has 4 rings (SSSR count).